The largest absolute Gasteiger partial charge is 0.376 e. The standard InChI is InChI=1S/C20H22ClN3O3/c21-17-8-1-2-9-18(17)22-13-19(25)24-15-6-3-5-14(11-15)20(26)23-12-16-7-4-10-27-16/h1-3,5-6,8-9,11,16,22H,4,7,10,12-13H2,(H,23,26)(H,24,25). The number of carbonyl (C=O) groups excluding carboxylic acids is 2. The summed E-state index contributed by atoms with van der Waals surface area (Å²) < 4.78 is 5.50. The molecule has 1 fully saturated rings. The van der Waals surface area contributed by atoms with Crippen molar-refractivity contribution < 1.29 is 14.3 Å². The second kappa shape index (κ2) is 9.39. The van der Waals surface area contributed by atoms with E-state index in [9.17, 15) is 9.59 Å². The topological polar surface area (TPSA) is 79.5 Å². The van der Waals surface area contributed by atoms with Crippen molar-refractivity contribution >= 4 is 34.8 Å². The normalized spacial score (nSPS) is 16.0. The maximum Gasteiger partial charge on any atom is 0.251 e. The van der Waals surface area contributed by atoms with Crippen LogP contribution in [0.3, 0.4) is 0 Å². The van der Waals surface area contributed by atoms with Gasteiger partial charge in [-0.05, 0) is 43.2 Å². The summed E-state index contributed by atoms with van der Waals surface area (Å²) in [5.74, 6) is -0.414. The van der Waals surface area contributed by atoms with Gasteiger partial charge in [-0.2, -0.15) is 0 Å². The van der Waals surface area contributed by atoms with E-state index in [0.717, 1.165) is 19.4 Å². The van der Waals surface area contributed by atoms with E-state index >= 15 is 0 Å². The van der Waals surface area contributed by atoms with Gasteiger partial charge >= 0.3 is 0 Å². The molecule has 1 saturated heterocycles. The molecule has 7 heteroatoms. The smallest absolute Gasteiger partial charge is 0.251 e. The van der Waals surface area contributed by atoms with Crippen LogP contribution >= 0.6 is 11.6 Å². The molecule has 1 unspecified atom stereocenters. The van der Waals surface area contributed by atoms with E-state index < -0.39 is 0 Å². The minimum atomic E-state index is -0.230. The highest BCUT2D eigenvalue weighted by Crippen LogP contribution is 2.20. The Morgan fingerprint density at radius 1 is 1.15 bits per heavy atom. The Morgan fingerprint density at radius 2 is 2.00 bits per heavy atom. The fraction of sp³-hybridized carbons (Fsp3) is 0.300. The maximum absolute atomic E-state index is 12.3. The molecule has 0 radical (unpaired) electrons. The van der Waals surface area contributed by atoms with Gasteiger partial charge in [-0.3, -0.25) is 9.59 Å². The van der Waals surface area contributed by atoms with E-state index in [1.165, 1.54) is 0 Å². The molecule has 1 atom stereocenters. The molecule has 142 valence electrons. The zero-order valence-corrected chi connectivity index (χ0v) is 15.6. The highest BCUT2D eigenvalue weighted by atomic mass is 35.5. The number of rotatable bonds is 7. The number of anilines is 2. The van der Waals surface area contributed by atoms with Crippen molar-refractivity contribution in [2.75, 3.05) is 30.3 Å². The lowest BCUT2D eigenvalue weighted by atomic mass is 10.1. The summed E-state index contributed by atoms with van der Waals surface area (Å²) in [7, 11) is 0. The number of nitrogens with one attached hydrogen (secondary N) is 3. The van der Waals surface area contributed by atoms with Crippen LogP contribution in [0.1, 0.15) is 23.2 Å². The molecule has 2 aromatic rings. The number of carbonyl (C=O) groups is 2. The Morgan fingerprint density at radius 3 is 2.78 bits per heavy atom. The third-order valence-corrected chi connectivity index (χ3v) is 4.57. The van der Waals surface area contributed by atoms with Crippen molar-refractivity contribution in [3.05, 3.63) is 59.1 Å². The first-order valence-electron chi connectivity index (χ1n) is 8.90. The van der Waals surface area contributed by atoms with Crippen LogP contribution in [0.4, 0.5) is 11.4 Å². The van der Waals surface area contributed by atoms with Gasteiger partial charge in [0.2, 0.25) is 5.91 Å². The van der Waals surface area contributed by atoms with Gasteiger partial charge in [-0.25, -0.2) is 0 Å². The highest BCUT2D eigenvalue weighted by molar-refractivity contribution is 6.33. The van der Waals surface area contributed by atoms with Gasteiger partial charge in [0.05, 0.1) is 23.4 Å². The van der Waals surface area contributed by atoms with Gasteiger partial charge in [0, 0.05) is 24.4 Å². The molecule has 1 aliphatic rings. The van der Waals surface area contributed by atoms with E-state index in [0.29, 0.717) is 28.5 Å². The molecule has 0 aromatic heterocycles. The predicted molar refractivity (Wildman–Crippen MR) is 106 cm³/mol. The van der Waals surface area contributed by atoms with Crippen LogP contribution < -0.4 is 16.0 Å². The van der Waals surface area contributed by atoms with Crippen LogP contribution in [0.25, 0.3) is 0 Å². The van der Waals surface area contributed by atoms with Gasteiger partial charge in [0.25, 0.3) is 5.91 Å². The minimum absolute atomic E-state index is 0.0686. The van der Waals surface area contributed by atoms with Crippen molar-refractivity contribution in [2.24, 2.45) is 0 Å². The van der Waals surface area contributed by atoms with Gasteiger partial charge in [0.1, 0.15) is 0 Å². The first kappa shape index (κ1) is 19.2. The van der Waals surface area contributed by atoms with Crippen LogP contribution in [0.15, 0.2) is 48.5 Å². The molecule has 6 nitrogen and oxygen atoms in total. The van der Waals surface area contributed by atoms with E-state index in [2.05, 4.69) is 16.0 Å². The van der Waals surface area contributed by atoms with Crippen LogP contribution in [-0.4, -0.2) is 37.6 Å². The molecule has 2 amide bonds. The van der Waals surface area contributed by atoms with Crippen LogP contribution in [0.5, 0.6) is 0 Å². The van der Waals surface area contributed by atoms with Crippen molar-refractivity contribution in [2.45, 2.75) is 18.9 Å². The Bertz CT molecular complexity index is 807. The Balaban J connectivity index is 1.51. The summed E-state index contributed by atoms with van der Waals surface area (Å²) in [5, 5.41) is 9.18. The zero-order chi connectivity index (χ0) is 19.1. The second-order valence-corrected chi connectivity index (χ2v) is 6.71. The lowest BCUT2D eigenvalue weighted by Crippen LogP contribution is -2.31. The quantitative estimate of drug-likeness (QED) is 0.681. The monoisotopic (exact) mass is 387 g/mol. The lowest BCUT2D eigenvalue weighted by molar-refractivity contribution is -0.114. The number of benzene rings is 2. The summed E-state index contributed by atoms with van der Waals surface area (Å²) in [6.07, 6.45) is 2.09. The third-order valence-electron chi connectivity index (χ3n) is 4.24. The molecule has 3 N–H and O–H groups in total. The second-order valence-electron chi connectivity index (χ2n) is 6.31. The first-order valence-corrected chi connectivity index (χ1v) is 9.28. The summed E-state index contributed by atoms with van der Waals surface area (Å²) in [6.45, 7) is 1.32. The summed E-state index contributed by atoms with van der Waals surface area (Å²) in [6, 6.07) is 14.0. The number of halogens is 1. The Hall–Kier alpha value is -2.57. The molecule has 27 heavy (non-hydrogen) atoms. The van der Waals surface area contributed by atoms with Gasteiger partial charge < -0.3 is 20.7 Å². The average Bonchev–Trinajstić information content (AvgIpc) is 3.19. The number of para-hydroxylation sites is 1. The maximum atomic E-state index is 12.3. The van der Waals surface area contributed by atoms with Crippen LogP contribution in [-0.2, 0) is 9.53 Å². The molecule has 0 saturated carbocycles. The lowest BCUT2D eigenvalue weighted by Gasteiger charge is -2.12. The minimum Gasteiger partial charge on any atom is -0.376 e. The SMILES string of the molecule is O=C(CNc1ccccc1Cl)Nc1cccc(C(=O)NCC2CCCO2)c1. The molecular weight excluding hydrogens is 366 g/mol. The van der Waals surface area contributed by atoms with E-state index in [4.69, 9.17) is 16.3 Å². The number of ether oxygens (including phenoxy) is 1. The van der Waals surface area contributed by atoms with Gasteiger partial charge in [-0.1, -0.05) is 29.8 Å². The predicted octanol–water partition coefficient (Wildman–Crippen LogP) is 3.30. The summed E-state index contributed by atoms with van der Waals surface area (Å²) >= 11 is 6.05. The summed E-state index contributed by atoms with van der Waals surface area (Å²) in [5.41, 5.74) is 1.74. The Labute approximate surface area is 163 Å². The Kier molecular flexibility index (Phi) is 6.68. The van der Waals surface area contributed by atoms with Crippen molar-refractivity contribution in [3.63, 3.8) is 0 Å². The molecule has 0 aliphatic carbocycles. The van der Waals surface area contributed by atoms with Gasteiger partial charge in [-0.15, -0.1) is 0 Å². The molecule has 1 aliphatic heterocycles. The molecule has 2 aromatic carbocycles. The summed E-state index contributed by atoms with van der Waals surface area (Å²) in [4.78, 5) is 24.4. The molecule has 0 bridgehead atoms. The fourth-order valence-electron chi connectivity index (χ4n) is 2.84. The molecular formula is C20H22ClN3O3. The number of amides is 2. The van der Waals surface area contributed by atoms with E-state index in [1.54, 1.807) is 36.4 Å². The first-order chi connectivity index (χ1) is 13.1. The number of hydrogen-bond donors (Lipinski definition) is 3. The van der Waals surface area contributed by atoms with Crippen molar-refractivity contribution in [1.29, 1.82) is 0 Å². The van der Waals surface area contributed by atoms with E-state index in [-0.39, 0.29) is 24.5 Å². The zero-order valence-electron chi connectivity index (χ0n) is 14.8. The molecule has 1 heterocycles. The third kappa shape index (κ3) is 5.70. The van der Waals surface area contributed by atoms with Crippen molar-refractivity contribution in [3.8, 4) is 0 Å². The van der Waals surface area contributed by atoms with Crippen LogP contribution in [0.2, 0.25) is 5.02 Å². The van der Waals surface area contributed by atoms with Crippen LogP contribution in [0, 0.1) is 0 Å². The fourth-order valence-corrected chi connectivity index (χ4v) is 3.04. The van der Waals surface area contributed by atoms with E-state index in [1.807, 2.05) is 12.1 Å². The van der Waals surface area contributed by atoms with Gasteiger partial charge in [0.15, 0.2) is 0 Å². The van der Waals surface area contributed by atoms with Crippen molar-refractivity contribution in [1.82, 2.24) is 5.32 Å². The average molecular weight is 388 g/mol. The molecule has 3 rings (SSSR count). The molecule has 0 spiro atoms. The highest BCUT2D eigenvalue weighted by Gasteiger charge is 2.17. The number of hydrogen-bond acceptors (Lipinski definition) is 4.